The third-order valence-corrected chi connectivity index (χ3v) is 0.478. The fourth-order valence-corrected chi connectivity index (χ4v) is 0.253. The van der Waals surface area contributed by atoms with Gasteiger partial charge in [0.2, 0.25) is 0 Å². The minimum absolute atomic E-state index is 1.50. The number of nitrogens with zero attached hydrogens (tertiary/aromatic N) is 2. The van der Waals surface area contributed by atoms with Gasteiger partial charge in [-0.05, 0) is 6.07 Å². The Labute approximate surface area is 51.6 Å². The molecular weight excluding hydrogens is 131 g/mol. The third kappa shape index (κ3) is 3.49. The molecular formula is C4H4ClFN2. The maximum absolute atomic E-state index is 8.97. The Bertz CT molecular complexity index is 86.0. The number of hydrogen-bond donors (Lipinski definition) is 0. The molecule has 0 saturated carbocycles. The normalized spacial score (nSPS) is 6.75. The molecule has 0 atom stereocenters. The van der Waals surface area contributed by atoms with E-state index in [-0.39, 0.29) is 0 Å². The van der Waals surface area contributed by atoms with E-state index >= 15 is 0 Å². The van der Waals surface area contributed by atoms with Crippen LogP contribution < -0.4 is 0 Å². The zero-order valence-corrected chi connectivity index (χ0v) is 4.72. The Kier molecular flexibility index (Phi) is 5.75. The predicted octanol–water partition coefficient (Wildman–Crippen LogP) is 1.59. The molecule has 0 spiro atoms. The molecule has 0 fully saturated rings. The van der Waals surface area contributed by atoms with Crippen molar-refractivity contribution in [1.29, 1.82) is 0 Å². The van der Waals surface area contributed by atoms with Gasteiger partial charge in [-0.2, -0.15) is 0 Å². The molecule has 0 saturated heterocycles. The van der Waals surface area contributed by atoms with Crippen molar-refractivity contribution in [3.8, 4) is 0 Å². The van der Waals surface area contributed by atoms with Gasteiger partial charge in [0.05, 0.1) is 0 Å². The molecule has 0 aliphatic heterocycles. The van der Waals surface area contributed by atoms with Crippen molar-refractivity contribution in [2.45, 2.75) is 0 Å². The second kappa shape index (κ2) is 6.30. The van der Waals surface area contributed by atoms with Crippen LogP contribution in [-0.4, -0.2) is 9.97 Å². The van der Waals surface area contributed by atoms with Crippen molar-refractivity contribution >= 4 is 12.0 Å². The van der Waals surface area contributed by atoms with Crippen molar-refractivity contribution in [2.24, 2.45) is 0 Å². The SMILES string of the molecule is FCl.c1cncnc1. The van der Waals surface area contributed by atoms with Crippen LogP contribution in [0.1, 0.15) is 0 Å². The van der Waals surface area contributed by atoms with E-state index in [1.807, 2.05) is 0 Å². The summed E-state index contributed by atoms with van der Waals surface area (Å²) in [6, 6.07) is 1.78. The molecule has 44 valence electrons. The molecule has 0 unspecified atom stereocenters. The van der Waals surface area contributed by atoms with Crippen LogP contribution in [0.15, 0.2) is 24.8 Å². The lowest BCUT2D eigenvalue weighted by atomic mass is 10.7. The predicted molar refractivity (Wildman–Crippen MR) is 29.0 cm³/mol. The summed E-state index contributed by atoms with van der Waals surface area (Å²) in [5, 5.41) is 0. The number of rotatable bonds is 0. The lowest BCUT2D eigenvalue weighted by molar-refractivity contribution is 0.906. The quantitative estimate of drug-likeness (QED) is 0.539. The van der Waals surface area contributed by atoms with Crippen molar-refractivity contribution in [3.63, 3.8) is 0 Å². The highest BCUT2D eigenvalue weighted by atomic mass is 35.5. The van der Waals surface area contributed by atoms with E-state index in [9.17, 15) is 0 Å². The molecule has 8 heavy (non-hydrogen) atoms. The zero-order chi connectivity index (χ0) is 6.24. The second-order valence-electron chi connectivity index (χ2n) is 0.904. The molecule has 4 heteroatoms. The summed E-state index contributed by atoms with van der Waals surface area (Å²) in [5.41, 5.74) is 0. The zero-order valence-electron chi connectivity index (χ0n) is 3.96. The monoisotopic (exact) mass is 134 g/mol. The Hall–Kier alpha value is -0.700. The molecule has 0 N–H and O–H groups in total. The molecule has 1 aromatic heterocycles. The van der Waals surface area contributed by atoms with E-state index in [1.165, 1.54) is 6.33 Å². The van der Waals surface area contributed by atoms with Crippen LogP contribution >= 0.6 is 12.0 Å². The van der Waals surface area contributed by atoms with Gasteiger partial charge in [-0.15, -0.1) is 3.98 Å². The summed E-state index contributed by atoms with van der Waals surface area (Å²) in [6.45, 7) is 0. The molecule has 0 aliphatic carbocycles. The topological polar surface area (TPSA) is 25.8 Å². The maximum atomic E-state index is 8.97. The highest BCUT2D eigenvalue weighted by Crippen LogP contribution is 1.66. The van der Waals surface area contributed by atoms with Gasteiger partial charge in [0, 0.05) is 12.4 Å². The smallest absolute Gasteiger partial charge is 0.116 e. The number of hydrogen-bond acceptors (Lipinski definition) is 2. The lowest BCUT2D eigenvalue weighted by Gasteiger charge is -1.70. The summed E-state index contributed by atoms with van der Waals surface area (Å²) < 4.78 is 8.97. The van der Waals surface area contributed by atoms with Crippen LogP contribution in [0, 0.1) is 0 Å². The lowest BCUT2D eigenvalue weighted by Crippen LogP contribution is -1.66. The molecule has 1 heterocycles. The molecule has 1 aromatic rings. The van der Waals surface area contributed by atoms with Gasteiger partial charge in [-0.25, -0.2) is 9.97 Å². The minimum atomic E-state index is 1.50. The summed E-state index contributed by atoms with van der Waals surface area (Å²) in [5.74, 6) is 0. The van der Waals surface area contributed by atoms with E-state index in [2.05, 4.69) is 21.9 Å². The first-order chi connectivity index (χ1) is 4.00. The second-order valence-corrected chi connectivity index (χ2v) is 0.904. The van der Waals surface area contributed by atoms with Crippen LogP contribution in [-0.2, 0) is 0 Å². The van der Waals surface area contributed by atoms with E-state index in [4.69, 9.17) is 3.98 Å². The first-order valence-corrected chi connectivity index (χ1v) is 2.13. The van der Waals surface area contributed by atoms with Crippen molar-refractivity contribution in [2.75, 3.05) is 0 Å². The minimum Gasteiger partial charge on any atom is -0.245 e. The van der Waals surface area contributed by atoms with Gasteiger partial charge in [0.1, 0.15) is 18.3 Å². The molecule has 0 bridgehead atoms. The van der Waals surface area contributed by atoms with Crippen LogP contribution in [0.3, 0.4) is 0 Å². The summed E-state index contributed by atoms with van der Waals surface area (Å²) in [6.07, 6.45) is 4.88. The highest BCUT2D eigenvalue weighted by molar-refractivity contribution is 6.06. The van der Waals surface area contributed by atoms with Crippen molar-refractivity contribution < 1.29 is 3.98 Å². The van der Waals surface area contributed by atoms with E-state index in [1.54, 1.807) is 18.5 Å². The Morgan fingerprint density at radius 2 is 1.62 bits per heavy atom. The first-order valence-electron chi connectivity index (χ1n) is 1.84. The van der Waals surface area contributed by atoms with Gasteiger partial charge >= 0.3 is 0 Å². The van der Waals surface area contributed by atoms with Crippen LogP contribution in [0.25, 0.3) is 0 Å². The molecule has 1 rings (SSSR count). The average molecular weight is 135 g/mol. The van der Waals surface area contributed by atoms with Crippen molar-refractivity contribution in [1.82, 2.24) is 9.97 Å². The molecule has 0 amide bonds. The Morgan fingerprint density at radius 3 is 1.75 bits per heavy atom. The molecule has 0 radical (unpaired) electrons. The van der Waals surface area contributed by atoms with Gasteiger partial charge in [-0.1, -0.05) is 0 Å². The number of halogens is 2. The standard InChI is InChI=1S/C4H4N2.ClF/c1-2-5-4-6-3-1;1-2/h1-4H;. The van der Waals surface area contributed by atoms with Gasteiger partial charge in [-0.3, -0.25) is 0 Å². The van der Waals surface area contributed by atoms with E-state index < -0.39 is 0 Å². The fourth-order valence-electron chi connectivity index (χ4n) is 0.253. The summed E-state index contributed by atoms with van der Waals surface area (Å²) >= 11 is 3.14. The molecule has 0 aromatic carbocycles. The Morgan fingerprint density at radius 1 is 1.12 bits per heavy atom. The van der Waals surface area contributed by atoms with Crippen molar-refractivity contribution in [3.05, 3.63) is 24.8 Å². The largest absolute Gasteiger partial charge is 0.245 e. The van der Waals surface area contributed by atoms with Crippen LogP contribution in [0.5, 0.6) is 0 Å². The third-order valence-electron chi connectivity index (χ3n) is 0.478. The molecule has 0 aliphatic rings. The maximum Gasteiger partial charge on any atom is 0.116 e. The van der Waals surface area contributed by atoms with E-state index in [0.29, 0.717) is 0 Å². The Balaban J connectivity index is 0.000000222. The van der Waals surface area contributed by atoms with Gasteiger partial charge in [0.25, 0.3) is 0 Å². The molecule has 2 nitrogen and oxygen atoms in total. The first kappa shape index (κ1) is 7.30. The van der Waals surface area contributed by atoms with Gasteiger partial charge < -0.3 is 0 Å². The van der Waals surface area contributed by atoms with E-state index in [0.717, 1.165) is 0 Å². The van der Waals surface area contributed by atoms with Crippen LogP contribution in [0.2, 0.25) is 0 Å². The number of aromatic nitrogens is 2. The van der Waals surface area contributed by atoms with Crippen LogP contribution in [0.4, 0.5) is 3.98 Å². The van der Waals surface area contributed by atoms with Gasteiger partial charge in [0.15, 0.2) is 0 Å². The average Bonchev–Trinajstić information content (AvgIpc) is 1.96. The fraction of sp³-hybridized carbons (Fsp3) is 0. The highest BCUT2D eigenvalue weighted by Gasteiger charge is 1.59. The summed E-state index contributed by atoms with van der Waals surface area (Å²) in [4.78, 5) is 7.35. The summed E-state index contributed by atoms with van der Waals surface area (Å²) in [7, 11) is 0.